The van der Waals surface area contributed by atoms with Crippen molar-refractivity contribution in [3.8, 4) is 0 Å². The fourth-order valence-electron chi connectivity index (χ4n) is 2.67. The van der Waals surface area contributed by atoms with E-state index in [0.29, 0.717) is 0 Å². The molecule has 0 spiro atoms. The SMILES string of the molecule is CCc1ccc(N2CCCCC2)cc1N(C)S(C)(=O)=O. The molecule has 20 heavy (non-hydrogen) atoms. The third-order valence-corrected chi connectivity index (χ3v) is 5.20. The van der Waals surface area contributed by atoms with Crippen molar-refractivity contribution in [2.24, 2.45) is 0 Å². The lowest BCUT2D eigenvalue weighted by molar-refractivity contribution is 0.578. The predicted molar refractivity (Wildman–Crippen MR) is 85.1 cm³/mol. The van der Waals surface area contributed by atoms with Crippen LogP contribution in [0.15, 0.2) is 18.2 Å². The monoisotopic (exact) mass is 296 g/mol. The normalized spacial score (nSPS) is 16.2. The molecule has 0 saturated carbocycles. The molecule has 1 aromatic carbocycles. The van der Waals surface area contributed by atoms with Gasteiger partial charge in [0, 0.05) is 25.8 Å². The summed E-state index contributed by atoms with van der Waals surface area (Å²) >= 11 is 0. The van der Waals surface area contributed by atoms with Crippen LogP contribution in [-0.2, 0) is 16.4 Å². The molecule has 1 aromatic rings. The number of rotatable bonds is 4. The fraction of sp³-hybridized carbons (Fsp3) is 0.600. The van der Waals surface area contributed by atoms with Gasteiger partial charge in [-0.05, 0) is 43.4 Å². The first-order valence-corrected chi connectivity index (χ1v) is 9.10. The topological polar surface area (TPSA) is 40.6 Å². The molecule has 1 heterocycles. The molecule has 4 nitrogen and oxygen atoms in total. The maximum Gasteiger partial charge on any atom is 0.232 e. The van der Waals surface area contributed by atoms with Crippen molar-refractivity contribution >= 4 is 21.4 Å². The molecular formula is C15H24N2O2S. The Labute approximate surface area is 122 Å². The van der Waals surface area contributed by atoms with Crippen LogP contribution in [0.1, 0.15) is 31.7 Å². The van der Waals surface area contributed by atoms with Gasteiger partial charge in [0.05, 0.1) is 11.9 Å². The van der Waals surface area contributed by atoms with E-state index < -0.39 is 10.0 Å². The largest absolute Gasteiger partial charge is 0.371 e. The molecule has 1 aliphatic heterocycles. The van der Waals surface area contributed by atoms with Crippen LogP contribution in [0.25, 0.3) is 0 Å². The highest BCUT2D eigenvalue weighted by molar-refractivity contribution is 7.92. The molecule has 0 amide bonds. The van der Waals surface area contributed by atoms with Gasteiger partial charge in [-0.25, -0.2) is 8.42 Å². The van der Waals surface area contributed by atoms with Crippen LogP contribution in [0.3, 0.4) is 0 Å². The van der Waals surface area contributed by atoms with Gasteiger partial charge in [0.1, 0.15) is 0 Å². The molecule has 0 bridgehead atoms. The van der Waals surface area contributed by atoms with Crippen molar-refractivity contribution in [3.05, 3.63) is 23.8 Å². The van der Waals surface area contributed by atoms with E-state index in [1.54, 1.807) is 7.05 Å². The first-order chi connectivity index (χ1) is 9.43. The molecule has 0 aromatic heterocycles. The van der Waals surface area contributed by atoms with E-state index in [1.165, 1.54) is 29.8 Å². The highest BCUT2D eigenvalue weighted by Crippen LogP contribution is 2.29. The first kappa shape index (κ1) is 15.2. The zero-order valence-electron chi connectivity index (χ0n) is 12.6. The molecule has 1 fully saturated rings. The molecule has 0 radical (unpaired) electrons. The van der Waals surface area contributed by atoms with Crippen molar-refractivity contribution in [1.82, 2.24) is 0 Å². The molecule has 1 saturated heterocycles. The Morgan fingerprint density at radius 1 is 1.20 bits per heavy atom. The summed E-state index contributed by atoms with van der Waals surface area (Å²) in [4.78, 5) is 2.35. The van der Waals surface area contributed by atoms with E-state index in [0.717, 1.165) is 36.4 Å². The Morgan fingerprint density at radius 3 is 2.40 bits per heavy atom. The van der Waals surface area contributed by atoms with Gasteiger partial charge in [-0.3, -0.25) is 4.31 Å². The van der Waals surface area contributed by atoms with Gasteiger partial charge >= 0.3 is 0 Å². The third-order valence-electron chi connectivity index (χ3n) is 4.01. The van der Waals surface area contributed by atoms with Crippen molar-refractivity contribution in [1.29, 1.82) is 0 Å². The summed E-state index contributed by atoms with van der Waals surface area (Å²) in [6.45, 7) is 4.18. The van der Waals surface area contributed by atoms with E-state index in [9.17, 15) is 8.42 Å². The lowest BCUT2D eigenvalue weighted by Crippen LogP contribution is -2.30. The van der Waals surface area contributed by atoms with Crippen molar-refractivity contribution < 1.29 is 8.42 Å². The Kier molecular flexibility index (Phi) is 4.58. The molecule has 0 aliphatic carbocycles. The summed E-state index contributed by atoms with van der Waals surface area (Å²) in [5, 5.41) is 0. The summed E-state index contributed by atoms with van der Waals surface area (Å²) < 4.78 is 25.0. The van der Waals surface area contributed by atoms with Crippen LogP contribution in [0.5, 0.6) is 0 Å². The van der Waals surface area contributed by atoms with Gasteiger partial charge in [-0.15, -0.1) is 0 Å². The quantitative estimate of drug-likeness (QED) is 0.857. The molecular weight excluding hydrogens is 272 g/mol. The predicted octanol–water partition coefficient (Wildman–Crippen LogP) is 2.64. The van der Waals surface area contributed by atoms with E-state index in [1.807, 2.05) is 6.07 Å². The molecule has 0 atom stereocenters. The fourth-order valence-corrected chi connectivity index (χ4v) is 3.20. The average molecular weight is 296 g/mol. The van der Waals surface area contributed by atoms with Gasteiger partial charge in [-0.1, -0.05) is 13.0 Å². The highest BCUT2D eigenvalue weighted by Gasteiger charge is 2.18. The number of piperidine rings is 1. The summed E-state index contributed by atoms with van der Waals surface area (Å²) in [6.07, 6.45) is 5.80. The lowest BCUT2D eigenvalue weighted by atomic mass is 10.1. The zero-order valence-corrected chi connectivity index (χ0v) is 13.4. The molecule has 0 N–H and O–H groups in total. The van der Waals surface area contributed by atoms with Gasteiger partial charge in [0.15, 0.2) is 0 Å². The van der Waals surface area contributed by atoms with E-state index >= 15 is 0 Å². The molecule has 1 aliphatic rings. The number of benzene rings is 1. The number of sulfonamides is 1. The Bertz CT molecular complexity index is 563. The van der Waals surface area contributed by atoms with E-state index in [4.69, 9.17) is 0 Å². The maximum atomic E-state index is 11.8. The molecule has 0 unspecified atom stereocenters. The minimum absolute atomic E-state index is 0.804. The second-order valence-corrected chi connectivity index (χ2v) is 7.46. The maximum absolute atomic E-state index is 11.8. The second kappa shape index (κ2) is 6.04. The smallest absolute Gasteiger partial charge is 0.232 e. The van der Waals surface area contributed by atoms with E-state index in [2.05, 4.69) is 24.0 Å². The first-order valence-electron chi connectivity index (χ1n) is 7.25. The third kappa shape index (κ3) is 3.26. The van der Waals surface area contributed by atoms with Crippen LogP contribution in [-0.4, -0.2) is 34.8 Å². The Morgan fingerprint density at radius 2 is 1.85 bits per heavy atom. The van der Waals surface area contributed by atoms with Gasteiger partial charge in [0.2, 0.25) is 10.0 Å². The zero-order chi connectivity index (χ0) is 14.8. The average Bonchev–Trinajstić information content (AvgIpc) is 2.45. The summed E-state index contributed by atoms with van der Waals surface area (Å²) in [7, 11) is -1.59. The lowest BCUT2D eigenvalue weighted by Gasteiger charge is -2.30. The highest BCUT2D eigenvalue weighted by atomic mass is 32.2. The molecule has 5 heteroatoms. The van der Waals surface area contributed by atoms with Crippen molar-refractivity contribution in [3.63, 3.8) is 0 Å². The molecule has 2 rings (SSSR count). The number of hydrogen-bond donors (Lipinski definition) is 0. The number of anilines is 2. The number of hydrogen-bond acceptors (Lipinski definition) is 3. The van der Waals surface area contributed by atoms with Crippen molar-refractivity contribution in [2.45, 2.75) is 32.6 Å². The van der Waals surface area contributed by atoms with Crippen LogP contribution < -0.4 is 9.21 Å². The van der Waals surface area contributed by atoms with Crippen LogP contribution in [0.2, 0.25) is 0 Å². The summed E-state index contributed by atoms with van der Waals surface area (Å²) in [5.41, 5.74) is 3.00. The van der Waals surface area contributed by atoms with Gasteiger partial charge in [0.25, 0.3) is 0 Å². The Balaban J connectivity index is 2.38. The van der Waals surface area contributed by atoms with Crippen LogP contribution in [0, 0.1) is 0 Å². The summed E-state index contributed by atoms with van der Waals surface area (Å²) in [6, 6.07) is 6.19. The summed E-state index contributed by atoms with van der Waals surface area (Å²) in [5.74, 6) is 0. The number of nitrogens with zero attached hydrogens (tertiary/aromatic N) is 2. The minimum atomic E-state index is -3.22. The minimum Gasteiger partial charge on any atom is -0.371 e. The second-order valence-electron chi connectivity index (χ2n) is 5.44. The number of aryl methyl sites for hydroxylation is 1. The van der Waals surface area contributed by atoms with E-state index in [-0.39, 0.29) is 0 Å². The van der Waals surface area contributed by atoms with Gasteiger partial charge in [-0.2, -0.15) is 0 Å². The Hall–Kier alpha value is -1.23. The van der Waals surface area contributed by atoms with Gasteiger partial charge < -0.3 is 4.90 Å². The van der Waals surface area contributed by atoms with Crippen LogP contribution in [0.4, 0.5) is 11.4 Å². The van der Waals surface area contributed by atoms with Crippen molar-refractivity contribution in [2.75, 3.05) is 35.6 Å². The molecule has 112 valence electrons. The standard InChI is InChI=1S/C15H24N2O2S/c1-4-13-8-9-14(17-10-6-5-7-11-17)12-15(13)16(2)20(3,18)19/h8-9,12H,4-7,10-11H2,1-3H3. The van der Waals surface area contributed by atoms with Crippen LogP contribution >= 0.6 is 0 Å².